The topological polar surface area (TPSA) is 136 Å². The lowest BCUT2D eigenvalue weighted by molar-refractivity contribution is 0.0587. The molecule has 0 saturated carbocycles. The van der Waals surface area contributed by atoms with Crippen molar-refractivity contribution in [3.05, 3.63) is 41.5 Å². The number of ether oxygens (including phenoxy) is 1. The highest BCUT2D eigenvalue weighted by Crippen LogP contribution is 2.18. The molecular formula is C14H12N6O4. The molecule has 0 bridgehead atoms. The molecule has 24 heavy (non-hydrogen) atoms. The minimum Gasteiger partial charge on any atom is -0.463 e. The highest BCUT2D eigenvalue weighted by molar-refractivity contribution is 6.03. The molecule has 2 N–H and O–H groups in total. The third kappa shape index (κ3) is 3.11. The standard InChI is InChI=1S/C14H12N6O4/c1-7-15-12(24-20-7)9-5-3-8(4-6-9)11(21)17-14-16-10(18-19-14)13(22)23-2/h3-6H,1-2H3,(H2,16,17,18,19,21). The summed E-state index contributed by atoms with van der Waals surface area (Å²) in [5.41, 5.74) is 1.07. The molecule has 3 rings (SSSR count). The van der Waals surface area contributed by atoms with Crippen molar-refractivity contribution < 1.29 is 18.8 Å². The maximum Gasteiger partial charge on any atom is 0.375 e. The van der Waals surface area contributed by atoms with Crippen molar-refractivity contribution in [2.75, 3.05) is 12.4 Å². The minimum absolute atomic E-state index is 0.0306. The molecule has 0 saturated heterocycles. The van der Waals surface area contributed by atoms with E-state index in [0.29, 0.717) is 22.8 Å². The molecule has 0 radical (unpaired) electrons. The monoisotopic (exact) mass is 328 g/mol. The van der Waals surface area contributed by atoms with Gasteiger partial charge in [0.15, 0.2) is 5.82 Å². The number of hydrogen-bond acceptors (Lipinski definition) is 8. The summed E-state index contributed by atoms with van der Waals surface area (Å²) in [6.07, 6.45) is 0. The predicted octanol–water partition coefficient (Wildman–Crippen LogP) is 1.20. The van der Waals surface area contributed by atoms with E-state index in [1.165, 1.54) is 7.11 Å². The van der Waals surface area contributed by atoms with Crippen LogP contribution in [0, 0.1) is 6.92 Å². The number of H-pyrrole nitrogens is 1. The van der Waals surface area contributed by atoms with E-state index in [-0.39, 0.29) is 11.8 Å². The van der Waals surface area contributed by atoms with Crippen LogP contribution in [-0.2, 0) is 4.74 Å². The number of rotatable bonds is 4. The predicted molar refractivity (Wildman–Crippen MR) is 80.1 cm³/mol. The van der Waals surface area contributed by atoms with Crippen LogP contribution in [0.5, 0.6) is 0 Å². The Morgan fingerprint density at radius 2 is 1.96 bits per heavy atom. The number of anilines is 1. The number of amides is 1. The number of benzene rings is 1. The molecule has 0 fully saturated rings. The molecule has 0 unspecified atom stereocenters. The first-order valence-corrected chi connectivity index (χ1v) is 6.79. The SMILES string of the molecule is COC(=O)c1nc(NC(=O)c2ccc(-c3nc(C)no3)cc2)n[nH]1. The summed E-state index contributed by atoms with van der Waals surface area (Å²) in [6.45, 7) is 1.72. The van der Waals surface area contributed by atoms with E-state index < -0.39 is 11.9 Å². The van der Waals surface area contributed by atoms with Gasteiger partial charge in [0.2, 0.25) is 11.8 Å². The molecule has 122 valence electrons. The molecular weight excluding hydrogens is 316 g/mol. The zero-order valence-electron chi connectivity index (χ0n) is 12.7. The summed E-state index contributed by atoms with van der Waals surface area (Å²) in [7, 11) is 1.22. The first-order chi connectivity index (χ1) is 11.6. The van der Waals surface area contributed by atoms with Gasteiger partial charge >= 0.3 is 5.97 Å². The molecule has 10 nitrogen and oxygen atoms in total. The Morgan fingerprint density at radius 3 is 2.58 bits per heavy atom. The largest absolute Gasteiger partial charge is 0.463 e. The molecule has 0 aliphatic rings. The average molecular weight is 328 g/mol. The molecule has 0 atom stereocenters. The summed E-state index contributed by atoms with van der Waals surface area (Å²) in [4.78, 5) is 31.3. The van der Waals surface area contributed by atoms with Crippen LogP contribution in [0.2, 0.25) is 0 Å². The molecule has 3 aromatic rings. The maximum atomic E-state index is 12.1. The summed E-state index contributed by atoms with van der Waals surface area (Å²) in [5.74, 6) is -0.346. The fraction of sp³-hybridized carbons (Fsp3) is 0.143. The number of nitrogens with zero attached hydrogens (tertiary/aromatic N) is 4. The first-order valence-electron chi connectivity index (χ1n) is 6.79. The summed E-state index contributed by atoms with van der Waals surface area (Å²) in [6, 6.07) is 6.55. The number of esters is 1. The van der Waals surface area contributed by atoms with Crippen LogP contribution in [0.25, 0.3) is 11.5 Å². The Balaban J connectivity index is 1.71. The second-order valence-electron chi connectivity index (χ2n) is 4.68. The quantitative estimate of drug-likeness (QED) is 0.682. The number of nitrogens with one attached hydrogen (secondary N) is 2. The Morgan fingerprint density at radius 1 is 1.21 bits per heavy atom. The number of aromatic amines is 1. The van der Waals surface area contributed by atoms with Crippen LogP contribution in [0.15, 0.2) is 28.8 Å². The van der Waals surface area contributed by atoms with Crippen LogP contribution in [-0.4, -0.2) is 44.3 Å². The average Bonchev–Trinajstić information content (AvgIpc) is 3.23. The summed E-state index contributed by atoms with van der Waals surface area (Å²) in [5, 5.41) is 12.3. The van der Waals surface area contributed by atoms with Gasteiger partial charge in [-0.2, -0.15) is 9.97 Å². The van der Waals surface area contributed by atoms with E-state index in [0.717, 1.165) is 0 Å². The molecule has 1 amide bonds. The van der Waals surface area contributed by atoms with Gasteiger partial charge in [-0.1, -0.05) is 5.16 Å². The second-order valence-corrected chi connectivity index (χ2v) is 4.68. The van der Waals surface area contributed by atoms with Gasteiger partial charge < -0.3 is 9.26 Å². The normalized spacial score (nSPS) is 10.4. The smallest absolute Gasteiger partial charge is 0.375 e. The number of aromatic nitrogens is 5. The number of carbonyl (C=O) groups excluding carboxylic acids is 2. The summed E-state index contributed by atoms with van der Waals surface area (Å²) < 4.78 is 9.54. The lowest BCUT2D eigenvalue weighted by Crippen LogP contribution is -2.13. The Kier molecular flexibility index (Phi) is 4.01. The minimum atomic E-state index is -0.679. The van der Waals surface area contributed by atoms with Crippen molar-refractivity contribution in [1.82, 2.24) is 25.3 Å². The molecule has 2 aromatic heterocycles. The molecule has 0 aliphatic heterocycles. The fourth-order valence-electron chi connectivity index (χ4n) is 1.86. The van der Waals surface area contributed by atoms with E-state index in [4.69, 9.17) is 4.52 Å². The number of aryl methyl sites for hydroxylation is 1. The number of carbonyl (C=O) groups is 2. The molecule has 10 heteroatoms. The zero-order valence-corrected chi connectivity index (χ0v) is 12.7. The lowest BCUT2D eigenvalue weighted by atomic mass is 10.1. The van der Waals surface area contributed by atoms with E-state index in [1.54, 1.807) is 31.2 Å². The molecule has 2 heterocycles. The van der Waals surface area contributed by atoms with Gasteiger partial charge in [0.05, 0.1) is 7.11 Å². The van der Waals surface area contributed by atoms with Crippen molar-refractivity contribution in [3.8, 4) is 11.5 Å². The van der Waals surface area contributed by atoms with Gasteiger partial charge in [-0.3, -0.25) is 15.2 Å². The number of methoxy groups -OCH3 is 1. The van der Waals surface area contributed by atoms with E-state index >= 15 is 0 Å². The van der Waals surface area contributed by atoms with Gasteiger partial charge in [0.1, 0.15) is 0 Å². The van der Waals surface area contributed by atoms with Crippen molar-refractivity contribution in [3.63, 3.8) is 0 Å². The third-order valence-electron chi connectivity index (χ3n) is 3.01. The van der Waals surface area contributed by atoms with Crippen molar-refractivity contribution >= 4 is 17.8 Å². The zero-order chi connectivity index (χ0) is 17.1. The van der Waals surface area contributed by atoms with Gasteiger partial charge in [-0.25, -0.2) is 4.79 Å². The van der Waals surface area contributed by atoms with E-state index in [2.05, 4.69) is 35.4 Å². The molecule has 0 spiro atoms. The highest BCUT2D eigenvalue weighted by Gasteiger charge is 2.15. The van der Waals surface area contributed by atoms with Gasteiger partial charge in [0.25, 0.3) is 11.8 Å². The molecule has 1 aromatic carbocycles. The maximum absolute atomic E-state index is 12.1. The van der Waals surface area contributed by atoms with Crippen LogP contribution in [0.4, 0.5) is 5.95 Å². The van der Waals surface area contributed by atoms with Gasteiger partial charge in [-0.15, -0.1) is 5.10 Å². The van der Waals surface area contributed by atoms with E-state index in [9.17, 15) is 9.59 Å². The van der Waals surface area contributed by atoms with Crippen LogP contribution in [0.1, 0.15) is 26.8 Å². The second kappa shape index (κ2) is 6.28. The molecule has 0 aliphatic carbocycles. The highest BCUT2D eigenvalue weighted by atomic mass is 16.5. The van der Waals surface area contributed by atoms with Crippen LogP contribution < -0.4 is 5.32 Å². The Labute approximate surface area is 135 Å². The Bertz CT molecular complexity index is 883. The fourth-order valence-corrected chi connectivity index (χ4v) is 1.86. The van der Waals surface area contributed by atoms with Crippen LogP contribution >= 0.6 is 0 Å². The Hall–Kier alpha value is -3.56. The number of hydrogen-bond donors (Lipinski definition) is 2. The first kappa shape index (κ1) is 15.3. The van der Waals surface area contributed by atoms with Crippen molar-refractivity contribution in [1.29, 1.82) is 0 Å². The lowest BCUT2D eigenvalue weighted by Gasteiger charge is -2.01. The van der Waals surface area contributed by atoms with Crippen LogP contribution in [0.3, 0.4) is 0 Å². The van der Waals surface area contributed by atoms with Crippen molar-refractivity contribution in [2.24, 2.45) is 0 Å². The van der Waals surface area contributed by atoms with Crippen molar-refractivity contribution in [2.45, 2.75) is 6.92 Å². The summed E-state index contributed by atoms with van der Waals surface area (Å²) >= 11 is 0. The van der Waals surface area contributed by atoms with Gasteiger partial charge in [0, 0.05) is 11.1 Å². The third-order valence-corrected chi connectivity index (χ3v) is 3.01. The van der Waals surface area contributed by atoms with Gasteiger partial charge in [-0.05, 0) is 31.2 Å². The van der Waals surface area contributed by atoms with E-state index in [1.807, 2.05) is 0 Å².